The maximum absolute atomic E-state index is 11.4. The summed E-state index contributed by atoms with van der Waals surface area (Å²) in [4.78, 5) is 21.5. The second-order valence-electron chi connectivity index (χ2n) is 3.01. The van der Waals surface area contributed by atoms with Crippen LogP contribution in [0.3, 0.4) is 0 Å². The van der Waals surface area contributed by atoms with Gasteiger partial charge in [-0.1, -0.05) is 6.07 Å². The largest absolute Gasteiger partial charge is 0.318 e. The molecule has 0 N–H and O–H groups in total. The molecule has 0 radical (unpaired) electrons. The Morgan fingerprint density at radius 1 is 1.54 bits per heavy atom. The van der Waals surface area contributed by atoms with Gasteiger partial charge in [0.05, 0.1) is 0 Å². The summed E-state index contributed by atoms with van der Waals surface area (Å²) in [6.07, 6.45) is 4.58. The SMILES string of the molecule is Cn1cccc(CCCC=O)c1=O. The minimum absolute atomic E-state index is 0.0356. The van der Waals surface area contributed by atoms with Crippen LogP contribution in [0.5, 0.6) is 0 Å². The molecule has 1 aromatic heterocycles. The van der Waals surface area contributed by atoms with Crippen LogP contribution in [0.1, 0.15) is 18.4 Å². The minimum Gasteiger partial charge on any atom is -0.318 e. The molecule has 0 spiro atoms. The molecule has 70 valence electrons. The Bertz CT molecular complexity index is 341. The van der Waals surface area contributed by atoms with Gasteiger partial charge in [0.25, 0.3) is 5.56 Å². The van der Waals surface area contributed by atoms with Gasteiger partial charge < -0.3 is 9.36 Å². The second-order valence-corrected chi connectivity index (χ2v) is 3.01. The summed E-state index contributed by atoms with van der Waals surface area (Å²) in [7, 11) is 1.73. The minimum atomic E-state index is 0.0356. The van der Waals surface area contributed by atoms with E-state index in [0.717, 1.165) is 18.3 Å². The molecule has 0 atom stereocenters. The normalized spacial score (nSPS) is 9.92. The average molecular weight is 179 g/mol. The summed E-state index contributed by atoms with van der Waals surface area (Å²) < 4.78 is 1.55. The van der Waals surface area contributed by atoms with E-state index in [1.54, 1.807) is 17.8 Å². The molecule has 0 aliphatic carbocycles. The highest BCUT2D eigenvalue weighted by Gasteiger charge is 1.99. The first-order valence-corrected chi connectivity index (χ1v) is 4.34. The van der Waals surface area contributed by atoms with Crippen LogP contribution in [0, 0.1) is 0 Å². The van der Waals surface area contributed by atoms with Gasteiger partial charge in [0.1, 0.15) is 6.29 Å². The van der Waals surface area contributed by atoms with Crippen molar-refractivity contribution >= 4 is 6.29 Å². The standard InChI is InChI=1S/C10H13NO2/c1-11-7-4-6-9(10(11)13)5-2-3-8-12/h4,6-8H,2-3,5H2,1H3. The summed E-state index contributed by atoms with van der Waals surface area (Å²) in [5, 5.41) is 0. The van der Waals surface area contributed by atoms with Crippen molar-refractivity contribution in [3.05, 3.63) is 34.2 Å². The van der Waals surface area contributed by atoms with Crippen molar-refractivity contribution in [1.82, 2.24) is 4.57 Å². The molecule has 0 fully saturated rings. The third-order valence-corrected chi connectivity index (χ3v) is 1.97. The number of nitrogens with zero attached hydrogens (tertiary/aromatic N) is 1. The van der Waals surface area contributed by atoms with E-state index in [1.807, 2.05) is 12.1 Å². The number of aromatic nitrogens is 1. The van der Waals surface area contributed by atoms with Gasteiger partial charge in [-0.25, -0.2) is 0 Å². The zero-order chi connectivity index (χ0) is 9.68. The molecule has 0 bridgehead atoms. The first-order chi connectivity index (χ1) is 6.25. The number of carbonyl (C=O) groups is 1. The molecule has 0 saturated carbocycles. The van der Waals surface area contributed by atoms with Crippen molar-refractivity contribution in [3.8, 4) is 0 Å². The van der Waals surface area contributed by atoms with Gasteiger partial charge in [0, 0.05) is 25.2 Å². The molecule has 0 amide bonds. The number of carbonyl (C=O) groups excluding carboxylic acids is 1. The molecule has 3 nitrogen and oxygen atoms in total. The Kier molecular flexibility index (Phi) is 3.43. The zero-order valence-electron chi connectivity index (χ0n) is 7.69. The summed E-state index contributed by atoms with van der Waals surface area (Å²) in [5.41, 5.74) is 0.820. The number of hydrogen-bond acceptors (Lipinski definition) is 2. The lowest BCUT2D eigenvalue weighted by atomic mass is 10.1. The molecule has 3 heteroatoms. The van der Waals surface area contributed by atoms with E-state index >= 15 is 0 Å². The summed E-state index contributed by atoms with van der Waals surface area (Å²) in [6.45, 7) is 0. The van der Waals surface area contributed by atoms with Crippen LogP contribution < -0.4 is 5.56 Å². The summed E-state index contributed by atoms with van der Waals surface area (Å²) >= 11 is 0. The van der Waals surface area contributed by atoms with Gasteiger partial charge in [-0.3, -0.25) is 4.79 Å². The van der Waals surface area contributed by atoms with Crippen LogP contribution in [0.15, 0.2) is 23.1 Å². The van der Waals surface area contributed by atoms with E-state index in [4.69, 9.17) is 0 Å². The molecule has 13 heavy (non-hydrogen) atoms. The quantitative estimate of drug-likeness (QED) is 0.509. The smallest absolute Gasteiger partial charge is 0.253 e. The van der Waals surface area contributed by atoms with Crippen molar-refractivity contribution in [2.45, 2.75) is 19.3 Å². The van der Waals surface area contributed by atoms with E-state index in [2.05, 4.69) is 0 Å². The van der Waals surface area contributed by atoms with Gasteiger partial charge in [-0.2, -0.15) is 0 Å². The lowest BCUT2D eigenvalue weighted by Gasteiger charge is -2.00. The predicted molar refractivity (Wildman–Crippen MR) is 50.7 cm³/mol. The first-order valence-electron chi connectivity index (χ1n) is 4.34. The lowest BCUT2D eigenvalue weighted by molar-refractivity contribution is -0.107. The van der Waals surface area contributed by atoms with Gasteiger partial charge in [-0.15, -0.1) is 0 Å². The number of hydrogen-bond donors (Lipinski definition) is 0. The van der Waals surface area contributed by atoms with Crippen LogP contribution >= 0.6 is 0 Å². The molecular weight excluding hydrogens is 166 g/mol. The maximum Gasteiger partial charge on any atom is 0.253 e. The number of aryl methyl sites for hydroxylation is 2. The first kappa shape index (κ1) is 9.71. The molecule has 0 aromatic carbocycles. The Morgan fingerprint density at radius 3 is 3.00 bits per heavy atom. The molecule has 0 aliphatic rings. The highest BCUT2D eigenvalue weighted by molar-refractivity contribution is 5.49. The van der Waals surface area contributed by atoms with Gasteiger partial charge >= 0.3 is 0 Å². The fourth-order valence-corrected chi connectivity index (χ4v) is 1.22. The highest BCUT2D eigenvalue weighted by atomic mass is 16.1. The molecule has 1 heterocycles. The summed E-state index contributed by atoms with van der Waals surface area (Å²) in [5.74, 6) is 0. The van der Waals surface area contributed by atoms with E-state index in [0.29, 0.717) is 12.8 Å². The molecule has 0 unspecified atom stereocenters. The molecule has 1 rings (SSSR count). The fraction of sp³-hybridized carbons (Fsp3) is 0.400. The van der Waals surface area contributed by atoms with Crippen molar-refractivity contribution < 1.29 is 4.79 Å². The molecule has 0 aliphatic heterocycles. The molecule has 1 aromatic rings. The molecule has 0 saturated heterocycles. The van der Waals surface area contributed by atoms with E-state index < -0.39 is 0 Å². The fourth-order valence-electron chi connectivity index (χ4n) is 1.22. The van der Waals surface area contributed by atoms with E-state index in [9.17, 15) is 9.59 Å². The number of pyridine rings is 1. The van der Waals surface area contributed by atoms with Crippen molar-refractivity contribution in [3.63, 3.8) is 0 Å². The zero-order valence-corrected chi connectivity index (χ0v) is 7.69. The Hall–Kier alpha value is -1.38. The van der Waals surface area contributed by atoms with Crippen LogP contribution in [0.25, 0.3) is 0 Å². The maximum atomic E-state index is 11.4. The Balaban J connectivity index is 2.72. The highest BCUT2D eigenvalue weighted by Crippen LogP contribution is 1.97. The number of rotatable bonds is 4. The van der Waals surface area contributed by atoms with Crippen molar-refractivity contribution in [2.24, 2.45) is 7.05 Å². The number of aldehydes is 1. The van der Waals surface area contributed by atoms with Gasteiger partial charge in [-0.05, 0) is 18.9 Å². The number of unbranched alkanes of at least 4 members (excludes halogenated alkanes) is 1. The van der Waals surface area contributed by atoms with Crippen molar-refractivity contribution in [1.29, 1.82) is 0 Å². The monoisotopic (exact) mass is 179 g/mol. The van der Waals surface area contributed by atoms with Gasteiger partial charge in [0.15, 0.2) is 0 Å². The van der Waals surface area contributed by atoms with Crippen LogP contribution in [0.4, 0.5) is 0 Å². The Morgan fingerprint density at radius 2 is 2.31 bits per heavy atom. The van der Waals surface area contributed by atoms with E-state index in [1.165, 1.54) is 0 Å². The third-order valence-electron chi connectivity index (χ3n) is 1.97. The van der Waals surface area contributed by atoms with Gasteiger partial charge in [0.2, 0.25) is 0 Å². The third kappa shape index (κ3) is 2.54. The van der Waals surface area contributed by atoms with Crippen LogP contribution in [0.2, 0.25) is 0 Å². The second kappa shape index (κ2) is 4.60. The predicted octanol–water partition coefficient (Wildman–Crippen LogP) is 0.907. The van der Waals surface area contributed by atoms with Crippen LogP contribution in [-0.4, -0.2) is 10.9 Å². The lowest BCUT2D eigenvalue weighted by Crippen LogP contribution is -2.19. The molecular formula is C10H13NO2. The average Bonchev–Trinajstić information content (AvgIpc) is 2.13. The topological polar surface area (TPSA) is 39.1 Å². The van der Waals surface area contributed by atoms with E-state index in [-0.39, 0.29) is 5.56 Å². The Labute approximate surface area is 77.0 Å². The van der Waals surface area contributed by atoms with Crippen molar-refractivity contribution in [2.75, 3.05) is 0 Å². The van der Waals surface area contributed by atoms with Crippen LogP contribution in [-0.2, 0) is 18.3 Å². The summed E-state index contributed by atoms with van der Waals surface area (Å²) in [6, 6.07) is 3.66.